The lowest BCUT2D eigenvalue weighted by Crippen LogP contribution is -2.17. The number of anilines is 3. The van der Waals surface area contributed by atoms with Crippen LogP contribution >= 0.6 is 0 Å². The number of benzene rings is 2. The van der Waals surface area contributed by atoms with E-state index in [1.54, 1.807) is 36.2 Å². The number of hydrogen-bond donors (Lipinski definition) is 2. The van der Waals surface area contributed by atoms with Gasteiger partial charge in [-0.2, -0.15) is 5.26 Å². The van der Waals surface area contributed by atoms with E-state index in [9.17, 15) is 14.9 Å². The van der Waals surface area contributed by atoms with E-state index >= 15 is 0 Å². The van der Waals surface area contributed by atoms with Crippen LogP contribution in [0.15, 0.2) is 66.4 Å². The Morgan fingerprint density at radius 2 is 1.56 bits per heavy atom. The monoisotopic (exact) mass is 334 g/mol. The Labute approximate surface area is 146 Å². The highest BCUT2D eigenvalue weighted by molar-refractivity contribution is 6.06. The second-order valence-electron chi connectivity index (χ2n) is 5.31. The summed E-state index contributed by atoms with van der Waals surface area (Å²) in [6.07, 6.45) is 1.48. The van der Waals surface area contributed by atoms with Gasteiger partial charge in [-0.3, -0.25) is 9.59 Å². The Morgan fingerprint density at radius 1 is 1.00 bits per heavy atom. The van der Waals surface area contributed by atoms with Gasteiger partial charge >= 0.3 is 0 Å². The highest BCUT2D eigenvalue weighted by Gasteiger charge is 2.11. The van der Waals surface area contributed by atoms with E-state index in [1.165, 1.54) is 13.1 Å². The predicted molar refractivity (Wildman–Crippen MR) is 97.9 cm³/mol. The van der Waals surface area contributed by atoms with Gasteiger partial charge in [0.2, 0.25) is 5.91 Å². The van der Waals surface area contributed by atoms with Crippen molar-refractivity contribution in [2.45, 2.75) is 6.92 Å². The minimum Gasteiger partial charge on any atom is -0.350 e. The predicted octanol–water partition coefficient (Wildman–Crippen LogP) is 3.13. The van der Waals surface area contributed by atoms with Crippen molar-refractivity contribution in [2.75, 3.05) is 22.6 Å². The summed E-state index contributed by atoms with van der Waals surface area (Å²) in [4.78, 5) is 25.0. The molecule has 0 saturated carbocycles. The smallest absolute Gasteiger partial charge is 0.267 e. The van der Waals surface area contributed by atoms with Gasteiger partial charge in [-0.1, -0.05) is 18.2 Å². The largest absolute Gasteiger partial charge is 0.350 e. The second kappa shape index (κ2) is 8.31. The first kappa shape index (κ1) is 17.8. The number of nitriles is 1. The molecule has 0 aliphatic carbocycles. The minimum absolute atomic E-state index is 0.0164. The molecule has 0 saturated heterocycles. The van der Waals surface area contributed by atoms with Crippen LogP contribution in [0.4, 0.5) is 17.1 Å². The highest BCUT2D eigenvalue weighted by atomic mass is 16.2. The first-order valence-electron chi connectivity index (χ1n) is 7.58. The standard InChI is InChI=1S/C19H18N4O2/c1-14(24)21-16-8-10-17(11-9-16)22-19(25)15(12-20)13-23(2)18-6-4-3-5-7-18/h3-11,13H,1-2H3,(H,21,24)(H,22,25)/b15-13-. The molecule has 2 aromatic carbocycles. The van der Waals surface area contributed by atoms with Crippen molar-refractivity contribution in [3.8, 4) is 6.07 Å². The molecular formula is C19H18N4O2. The van der Waals surface area contributed by atoms with E-state index in [0.717, 1.165) is 5.69 Å². The number of para-hydroxylation sites is 1. The van der Waals surface area contributed by atoms with E-state index in [0.29, 0.717) is 11.4 Å². The number of hydrogen-bond acceptors (Lipinski definition) is 4. The molecular weight excluding hydrogens is 316 g/mol. The van der Waals surface area contributed by atoms with Gasteiger partial charge in [0, 0.05) is 37.2 Å². The Hall–Kier alpha value is -3.59. The zero-order chi connectivity index (χ0) is 18.2. The van der Waals surface area contributed by atoms with E-state index in [-0.39, 0.29) is 11.5 Å². The minimum atomic E-state index is -0.502. The van der Waals surface area contributed by atoms with Gasteiger partial charge in [-0.15, -0.1) is 0 Å². The number of nitrogens with one attached hydrogen (secondary N) is 2. The number of nitrogens with zero attached hydrogens (tertiary/aromatic N) is 2. The summed E-state index contributed by atoms with van der Waals surface area (Å²) in [5.41, 5.74) is 2.01. The quantitative estimate of drug-likeness (QED) is 0.650. The van der Waals surface area contributed by atoms with Crippen LogP contribution in [0.2, 0.25) is 0 Å². The van der Waals surface area contributed by atoms with Crippen molar-refractivity contribution >= 4 is 28.9 Å². The molecule has 0 aliphatic rings. The summed E-state index contributed by atoms with van der Waals surface area (Å²) in [6, 6.07) is 18.0. The molecule has 0 radical (unpaired) electrons. The first-order chi connectivity index (χ1) is 12.0. The molecule has 6 nitrogen and oxygen atoms in total. The second-order valence-corrected chi connectivity index (χ2v) is 5.31. The zero-order valence-electron chi connectivity index (χ0n) is 14.0. The van der Waals surface area contributed by atoms with E-state index in [4.69, 9.17) is 0 Å². The van der Waals surface area contributed by atoms with Gasteiger partial charge in [-0.05, 0) is 36.4 Å². The highest BCUT2D eigenvalue weighted by Crippen LogP contribution is 2.16. The molecule has 0 atom stereocenters. The molecule has 0 fully saturated rings. The normalized spacial score (nSPS) is 10.5. The lowest BCUT2D eigenvalue weighted by atomic mass is 10.2. The third kappa shape index (κ3) is 5.22. The lowest BCUT2D eigenvalue weighted by molar-refractivity contribution is -0.114. The average Bonchev–Trinajstić information content (AvgIpc) is 2.61. The molecule has 2 amide bonds. The van der Waals surface area contributed by atoms with E-state index < -0.39 is 5.91 Å². The Bertz CT molecular complexity index is 821. The molecule has 25 heavy (non-hydrogen) atoms. The fourth-order valence-corrected chi connectivity index (χ4v) is 2.11. The third-order valence-electron chi connectivity index (χ3n) is 3.31. The molecule has 2 rings (SSSR count). The van der Waals surface area contributed by atoms with Crippen LogP contribution in [0, 0.1) is 11.3 Å². The zero-order valence-corrected chi connectivity index (χ0v) is 14.0. The maximum atomic E-state index is 12.3. The van der Waals surface area contributed by atoms with Crippen molar-refractivity contribution in [2.24, 2.45) is 0 Å². The van der Waals surface area contributed by atoms with Crippen LogP contribution in [0.25, 0.3) is 0 Å². The van der Waals surface area contributed by atoms with Crippen LogP contribution in [0.5, 0.6) is 0 Å². The first-order valence-corrected chi connectivity index (χ1v) is 7.58. The topological polar surface area (TPSA) is 85.2 Å². The fourth-order valence-electron chi connectivity index (χ4n) is 2.11. The Kier molecular flexibility index (Phi) is 5.91. The summed E-state index contributed by atoms with van der Waals surface area (Å²) in [5, 5.41) is 14.6. The summed E-state index contributed by atoms with van der Waals surface area (Å²) < 4.78 is 0. The summed E-state index contributed by atoms with van der Waals surface area (Å²) in [5.74, 6) is -0.673. The maximum absolute atomic E-state index is 12.3. The Morgan fingerprint density at radius 3 is 2.08 bits per heavy atom. The van der Waals surface area contributed by atoms with Crippen LogP contribution in [0.3, 0.4) is 0 Å². The number of carbonyl (C=O) groups is 2. The van der Waals surface area contributed by atoms with Gasteiger partial charge in [0.1, 0.15) is 11.6 Å². The van der Waals surface area contributed by atoms with Crippen LogP contribution in [-0.4, -0.2) is 18.9 Å². The maximum Gasteiger partial charge on any atom is 0.267 e. The molecule has 2 aromatic rings. The SMILES string of the molecule is CC(=O)Nc1ccc(NC(=O)/C(C#N)=C\N(C)c2ccccc2)cc1. The third-order valence-corrected chi connectivity index (χ3v) is 3.31. The van der Waals surface area contributed by atoms with Gasteiger partial charge < -0.3 is 15.5 Å². The summed E-state index contributed by atoms with van der Waals surface area (Å²) >= 11 is 0. The van der Waals surface area contributed by atoms with Gasteiger partial charge in [0.05, 0.1) is 0 Å². The molecule has 0 bridgehead atoms. The van der Waals surface area contributed by atoms with Crippen molar-refractivity contribution in [1.29, 1.82) is 5.26 Å². The summed E-state index contributed by atoms with van der Waals surface area (Å²) in [6.45, 7) is 1.42. The molecule has 0 aromatic heterocycles. The van der Waals surface area contributed by atoms with Crippen LogP contribution in [0.1, 0.15) is 6.92 Å². The molecule has 0 aliphatic heterocycles. The van der Waals surface area contributed by atoms with E-state index in [2.05, 4.69) is 10.6 Å². The van der Waals surface area contributed by atoms with Gasteiger partial charge in [-0.25, -0.2) is 0 Å². The molecule has 6 heteroatoms. The van der Waals surface area contributed by atoms with Crippen LogP contribution in [-0.2, 0) is 9.59 Å². The van der Waals surface area contributed by atoms with Gasteiger partial charge in [0.25, 0.3) is 5.91 Å². The summed E-state index contributed by atoms with van der Waals surface area (Å²) in [7, 11) is 1.77. The lowest BCUT2D eigenvalue weighted by Gasteiger charge is -2.14. The van der Waals surface area contributed by atoms with Crippen molar-refractivity contribution in [3.63, 3.8) is 0 Å². The number of rotatable bonds is 5. The van der Waals surface area contributed by atoms with Gasteiger partial charge in [0.15, 0.2) is 0 Å². The molecule has 2 N–H and O–H groups in total. The molecule has 0 spiro atoms. The fraction of sp³-hybridized carbons (Fsp3) is 0.105. The average molecular weight is 334 g/mol. The molecule has 0 unspecified atom stereocenters. The van der Waals surface area contributed by atoms with Crippen LogP contribution < -0.4 is 15.5 Å². The van der Waals surface area contributed by atoms with Crippen molar-refractivity contribution < 1.29 is 9.59 Å². The van der Waals surface area contributed by atoms with E-state index in [1.807, 2.05) is 36.4 Å². The molecule has 126 valence electrons. The van der Waals surface area contributed by atoms with Crippen molar-refractivity contribution in [1.82, 2.24) is 0 Å². The Balaban J connectivity index is 2.08. The number of amides is 2. The number of carbonyl (C=O) groups excluding carboxylic acids is 2. The van der Waals surface area contributed by atoms with Crippen molar-refractivity contribution in [3.05, 3.63) is 66.4 Å². The molecule has 0 heterocycles.